The highest BCUT2D eigenvalue weighted by molar-refractivity contribution is 5.95. The zero-order valence-corrected chi connectivity index (χ0v) is 24.5. The predicted molar refractivity (Wildman–Crippen MR) is 165 cm³/mol. The molecule has 2 aromatic carbocycles. The van der Waals surface area contributed by atoms with Gasteiger partial charge in [-0.05, 0) is 55.8 Å². The number of carboxylic acid groups (broad SMARTS) is 1. The van der Waals surface area contributed by atoms with Crippen molar-refractivity contribution in [1.82, 2.24) is 20.9 Å². The Morgan fingerprint density at radius 3 is 2.09 bits per heavy atom. The van der Waals surface area contributed by atoms with Crippen LogP contribution < -0.4 is 33.2 Å². The normalized spacial score (nSPS) is 13.8. The van der Waals surface area contributed by atoms with Crippen molar-refractivity contribution in [2.24, 2.45) is 17.2 Å². The van der Waals surface area contributed by atoms with Crippen LogP contribution in [0.2, 0.25) is 0 Å². The lowest BCUT2D eigenvalue weighted by atomic mass is 10.0. The fourth-order valence-electron chi connectivity index (χ4n) is 4.82. The Bertz CT molecular complexity index is 1430. The average molecular weight is 608 g/mol. The van der Waals surface area contributed by atoms with E-state index in [-0.39, 0.29) is 32.1 Å². The highest BCUT2D eigenvalue weighted by atomic mass is 16.4. The molecule has 1 heterocycles. The minimum absolute atomic E-state index is 0.0457. The zero-order valence-electron chi connectivity index (χ0n) is 24.5. The molecule has 4 atom stereocenters. The van der Waals surface area contributed by atoms with Crippen molar-refractivity contribution in [3.63, 3.8) is 0 Å². The number of amides is 4. The first kappa shape index (κ1) is 33.7. The van der Waals surface area contributed by atoms with Crippen LogP contribution in [0.25, 0.3) is 10.9 Å². The Labute approximate surface area is 255 Å². The number of aromatic amines is 1. The number of H-pyrrole nitrogens is 1. The Morgan fingerprint density at radius 2 is 1.41 bits per heavy atom. The summed E-state index contributed by atoms with van der Waals surface area (Å²) in [6.45, 7) is 0.386. The molecular formula is C31H41N7O6. The van der Waals surface area contributed by atoms with Gasteiger partial charge in [0.1, 0.15) is 18.1 Å². The van der Waals surface area contributed by atoms with Crippen LogP contribution in [0.5, 0.6) is 0 Å². The van der Waals surface area contributed by atoms with Gasteiger partial charge in [-0.15, -0.1) is 0 Å². The van der Waals surface area contributed by atoms with Gasteiger partial charge in [0.15, 0.2) is 0 Å². The highest BCUT2D eigenvalue weighted by Gasteiger charge is 2.31. The number of carbonyl (C=O) groups is 5. The molecule has 0 saturated carbocycles. The van der Waals surface area contributed by atoms with Crippen molar-refractivity contribution in [1.29, 1.82) is 0 Å². The molecule has 0 spiro atoms. The molecule has 0 bridgehead atoms. The van der Waals surface area contributed by atoms with Crippen molar-refractivity contribution in [3.05, 3.63) is 71.9 Å². The van der Waals surface area contributed by atoms with E-state index in [2.05, 4.69) is 20.9 Å². The third-order valence-electron chi connectivity index (χ3n) is 7.24. The molecule has 0 saturated heterocycles. The topological polar surface area (TPSA) is 236 Å². The number of hydrogen-bond acceptors (Lipinski definition) is 7. The number of nitrogens with two attached hydrogens (primary N) is 3. The predicted octanol–water partition coefficient (Wildman–Crippen LogP) is 0.214. The minimum Gasteiger partial charge on any atom is -0.480 e. The smallest absolute Gasteiger partial charge is 0.326 e. The number of carbonyl (C=O) groups excluding carboxylic acids is 4. The molecule has 0 fully saturated rings. The molecule has 0 aliphatic carbocycles. The van der Waals surface area contributed by atoms with E-state index < -0.39 is 53.8 Å². The number of carboxylic acids is 1. The molecule has 3 aromatic rings. The number of unbranched alkanes of at least 4 members (excludes halogenated alkanes) is 1. The Kier molecular flexibility index (Phi) is 12.9. The number of rotatable bonds is 18. The van der Waals surface area contributed by atoms with Crippen molar-refractivity contribution in [2.75, 3.05) is 6.54 Å². The van der Waals surface area contributed by atoms with E-state index in [0.717, 1.165) is 16.5 Å². The van der Waals surface area contributed by atoms with Crippen molar-refractivity contribution >= 4 is 40.5 Å². The maximum absolute atomic E-state index is 13.5. The van der Waals surface area contributed by atoms with Gasteiger partial charge in [-0.3, -0.25) is 19.2 Å². The second kappa shape index (κ2) is 16.8. The second-order valence-corrected chi connectivity index (χ2v) is 10.7. The lowest BCUT2D eigenvalue weighted by molar-refractivity contribution is -0.142. The molecular weight excluding hydrogens is 566 g/mol. The number of benzene rings is 2. The van der Waals surface area contributed by atoms with Gasteiger partial charge >= 0.3 is 5.97 Å². The Balaban J connectivity index is 1.76. The molecule has 1 aromatic heterocycles. The maximum atomic E-state index is 13.5. The molecule has 44 heavy (non-hydrogen) atoms. The van der Waals surface area contributed by atoms with Gasteiger partial charge in [0, 0.05) is 29.9 Å². The summed E-state index contributed by atoms with van der Waals surface area (Å²) in [6, 6.07) is 11.8. The summed E-state index contributed by atoms with van der Waals surface area (Å²) in [6.07, 6.45) is 2.89. The standard InChI is InChI=1S/C31H41N7O6/c32-15-7-6-12-25(31(43)44)37-30(42)26(16-19-8-2-1-3-9-19)38-29(41)24(13-14-27(34)39)36-28(40)22(33)17-20-18-35-23-11-5-4-10-21(20)23/h1-5,8-11,18,22,24-26,35H,6-7,12-17,32-33H2,(H2,34,39)(H,36,40)(H,37,42)(H,38,41)(H,43,44). The summed E-state index contributed by atoms with van der Waals surface area (Å²) >= 11 is 0. The van der Waals surface area contributed by atoms with E-state index in [0.29, 0.717) is 24.9 Å². The fourth-order valence-corrected chi connectivity index (χ4v) is 4.82. The van der Waals surface area contributed by atoms with Gasteiger partial charge in [-0.1, -0.05) is 48.5 Å². The molecule has 13 heteroatoms. The SMILES string of the molecule is NCCCCC(NC(=O)C(Cc1ccccc1)NC(=O)C(CCC(N)=O)NC(=O)C(N)Cc1c[nH]c2ccccc12)C(=O)O. The van der Waals surface area contributed by atoms with E-state index in [9.17, 15) is 29.1 Å². The molecule has 0 radical (unpaired) electrons. The van der Waals surface area contributed by atoms with E-state index in [1.165, 1.54) is 0 Å². The molecule has 13 nitrogen and oxygen atoms in total. The monoisotopic (exact) mass is 607 g/mol. The Hall–Kier alpha value is -4.75. The fraction of sp³-hybridized carbons (Fsp3) is 0.387. The quantitative estimate of drug-likeness (QED) is 0.0929. The molecule has 4 amide bonds. The molecule has 4 unspecified atom stereocenters. The van der Waals surface area contributed by atoms with Crippen LogP contribution >= 0.6 is 0 Å². The average Bonchev–Trinajstić information content (AvgIpc) is 3.41. The highest BCUT2D eigenvalue weighted by Crippen LogP contribution is 2.19. The number of nitrogens with one attached hydrogen (secondary N) is 4. The zero-order chi connectivity index (χ0) is 32.1. The number of primary amides is 1. The van der Waals surface area contributed by atoms with Crippen molar-refractivity contribution < 1.29 is 29.1 Å². The molecule has 0 aliphatic heterocycles. The van der Waals surface area contributed by atoms with Crippen LogP contribution in [-0.4, -0.2) is 70.4 Å². The third kappa shape index (κ3) is 10.2. The van der Waals surface area contributed by atoms with E-state index >= 15 is 0 Å². The summed E-state index contributed by atoms with van der Waals surface area (Å²) in [4.78, 5) is 66.5. The first-order valence-electron chi connectivity index (χ1n) is 14.6. The third-order valence-corrected chi connectivity index (χ3v) is 7.24. The van der Waals surface area contributed by atoms with Gasteiger partial charge in [0.05, 0.1) is 6.04 Å². The van der Waals surface area contributed by atoms with Crippen molar-refractivity contribution in [2.45, 2.75) is 69.1 Å². The van der Waals surface area contributed by atoms with E-state index in [1.807, 2.05) is 24.3 Å². The number of para-hydroxylation sites is 1. The van der Waals surface area contributed by atoms with Crippen LogP contribution in [0.1, 0.15) is 43.2 Å². The lowest BCUT2D eigenvalue weighted by Crippen LogP contribution is -2.57. The molecule has 11 N–H and O–H groups in total. The Morgan fingerprint density at radius 1 is 0.773 bits per heavy atom. The van der Waals surface area contributed by atoms with Crippen LogP contribution in [0, 0.1) is 0 Å². The number of aliphatic carboxylic acids is 1. The minimum atomic E-state index is -1.24. The largest absolute Gasteiger partial charge is 0.480 e. The van der Waals surface area contributed by atoms with Crippen LogP contribution in [0.4, 0.5) is 0 Å². The van der Waals surface area contributed by atoms with Gasteiger partial charge in [-0.2, -0.15) is 0 Å². The van der Waals surface area contributed by atoms with Gasteiger partial charge in [0.2, 0.25) is 23.6 Å². The molecule has 3 rings (SSSR count). The summed E-state index contributed by atoms with van der Waals surface area (Å²) in [5.41, 5.74) is 19.5. The second-order valence-electron chi connectivity index (χ2n) is 10.7. The van der Waals surface area contributed by atoms with E-state index in [1.54, 1.807) is 36.5 Å². The molecule has 236 valence electrons. The number of aromatic nitrogens is 1. The summed E-state index contributed by atoms with van der Waals surface area (Å²) in [7, 11) is 0. The van der Waals surface area contributed by atoms with Crippen LogP contribution in [0.15, 0.2) is 60.8 Å². The summed E-state index contributed by atoms with van der Waals surface area (Å²) in [5, 5.41) is 18.3. The van der Waals surface area contributed by atoms with Gasteiger partial charge in [-0.25, -0.2) is 4.79 Å². The number of fused-ring (bicyclic) bond motifs is 1. The van der Waals surface area contributed by atoms with Gasteiger partial charge in [0.25, 0.3) is 0 Å². The first-order chi connectivity index (χ1) is 21.1. The maximum Gasteiger partial charge on any atom is 0.326 e. The van der Waals surface area contributed by atoms with E-state index in [4.69, 9.17) is 17.2 Å². The summed E-state index contributed by atoms with van der Waals surface area (Å²) in [5.74, 6) is -3.98. The summed E-state index contributed by atoms with van der Waals surface area (Å²) < 4.78 is 0. The van der Waals surface area contributed by atoms with Crippen molar-refractivity contribution in [3.8, 4) is 0 Å². The van der Waals surface area contributed by atoms with Gasteiger partial charge < -0.3 is 43.2 Å². The number of hydrogen-bond donors (Lipinski definition) is 8. The van der Waals surface area contributed by atoms with Crippen LogP contribution in [0.3, 0.4) is 0 Å². The lowest BCUT2D eigenvalue weighted by Gasteiger charge is -2.25. The van der Waals surface area contributed by atoms with Crippen LogP contribution in [-0.2, 0) is 36.8 Å². The molecule has 0 aliphatic rings. The first-order valence-corrected chi connectivity index (χ1v) is 14.6.